The van der Waals surface area contributed by atoms with Gasteiger partial charge >= 0.3 is 23.9 Å². The van der Waals surface area contributed by atoms with E-state index in [0.717, 1.165) is 134 Å². The van der Waals surface area contributed by atoms with E-state index in [4.69, 9.17) is 38.3 Å². The van der Waals surface area contributed by atoms with Gasteiger partial charge in [-0.25, -0.2) is 14.4 Å². The molecular formula is C89H85NO14S3. The average Bonchev–Trinajstić information content (AvgIpc) is 1.64. The lowest BCUT2D eigenvalue weighted by atomic mass is 9.96. The normalized spacial score (nSPS) is 12.4. The lowest BCUT2D eigenvalue weighted by molar-refractivity contribution is -0.138. The van der Waals surface area contributed by atoms with Crippen molar-refractivity contribution in [2.45, 2.75) is 79.6 Å². The van der Waals surface area contributed by atoms with Gasteiger partial charge in [-0.15, -0.1) is 34.0 Å². The molecule has 3 N–H and O–H groups in total. The summed E-state index contributed by atoms with van der Waals surface area (Å²) < 4.78 is 43.3. The monoisotopic (exact) mass is 1490 g/mol. The number of morpholine rings is 1. The molecule has 0 amide bonds. The van der Waals surface area contributed by atoms with E-state index in [9.17, 15) is 29.4 Å². The first kappa shape index (κ1) is 77.0. The zero-order valence-corrected chi connectivity index (χ0v) is 63.4. The van der Waals surface area contributed by atoms with Crippen molar-refractivity contribution < 1.29 is 67.7 Å². The van der Waals surface area contributed by atoms with Crippen LogP contribution in [-0.2, 0) is 33.4 Å². The highest BCUT2D eigenvalue weighted by molar-refractivity contribution is 7.23. The van der Waals surface area contributed by atoms with Crippen LogP contribution in [0.25, 0.3) is 79.8 Å². The Bertz CT molecular complexity index is 5170. The Balaban J connectivity index is 0.000000161. The number of esters is 3. The standard InChI is InChI=1S/C32H33NO5S.C29H26O5S.C28H26O4S/c1-22(2)26-5-3-4-6-27(26)32-31(28-13-10-24(34)21-29(28)39-32)38-25-11-7-23(8-12-25)9-14-30(35)37-20-17-33-15-18-36-19-16-33;1-4-27(32)33-21-14-15-24-25(17-21)35-29(23-8-6-5-7-22(23)18(2)3)28(24)34-20-12-9-19(10-13-20)11-16-26(30)31;1-4-31-26(30)16-11-19-9-13-21(14-10-19)32-27-24-15-12-20(29)17-25(24)33-28(27)23-8-6-5-7-22(23)18(2)3/h3-14,21-22,34H,15-20H2,1-2H3;5-18H,4H2,1-3H3,(H,30,31);5-18,29H,4H2,1-3H3/b14-9+;2*16-11+. The highest BCUT2D eigenvalue weighted by Crippen LogP contribution is 2.52. The molecule has 107 heavy (non-hydrogen) atoms. The molecule has 4 heterocycles. The predicted molar refractivity (Wildman–Crippen MR) is 432 cm³/mol. The van der Waals surface area contributed by atoms with Crippen molar-refractivity contribution >= 4 is 106 Å². The molecule has 0 unspecified atom stereocenters. The quantitative estimate of drug-likeness (QED) is 0.0293. The fraction of sp³-hybridized carbons (Fsp3) is 0.213. The molecule has 0 radical (unpaired) electrons. The van der Waals surface area contributed by atoms with Gasteiger partial charge < -0.3 is 48.5 Å². The van der Waals surface area contributed by atoms with Crippen LogP contribution in [0, 0.1) is 0 Å². The minimum Gasteiger partial charge on any atom is -0.508 e. The van der Waals surface area contributed by atoms with E-state index in [1.165, 1.54) is 34.9 Å². The van der Waals surface area contributed by atoms with Crippen LogP contribution in [-0.4, -0.2) is 90.2 Å². The molecule has 0 saturated carbocycles. The molecule has 13 rings (SSSR count). The lowest BCUT2D eigenvalue weighted by Gasteiger charge is -2.25. The Morgan fingerprint density at radius 3 is 1.21 bits per heavy atom. The van der Waals surface area contributed by atoms with Crippen molar-refractivity contribution in [1.29, 1.82) is 0 Å². The molecule has 0 aliphatic carbocycles. The fourth-order valence-corrected chi connectivity index (χ4v) is 15.7. The minimum atomic E-state index is -0.993. The minimum absolute atomic E-state index is 0.231. The van der Waals surface area contributed by atoms with Crippen molar-refractivity contribution in [3.63, 3.8) is 0 Å². The van der Waals surface area contributed by atoms with E-state index < -0.39 is 5.97 Å². The molecule has 1 aliphatic heterocycles. The number of aromatic hydroxyl groups is 2. The number of carbonyl (C=O) groups is 4. The van der Waals surface area contributed by atoms with E-state index in [2.05, 4.69) is 95.0 Å². The Kier molecular flexibility index (Phi) is 26.4. The number of carbonyl (C=O) groups excluding carboxylic acids is 3. The molecule has 0 spiro atoms. The van der Waals surface area contributed by atoms with Crippen molar-refractivity contribution in [2.24, 2.45) is 0 Å². The Morgan fingerprint density at radius 1 is 0.458 bits per heavy atom. The van der Waals surface area contributed by atoms with Crippen LogP contribution in [0.1, 0.15) is 113 Å². The third-order valence-corrected chi connectivity index (χ3v) is 21.0. The van der Waals surface area contributed by atoms with E-state index in [1.807, 2.05) is 121 Å². The summed E-state index contributed by atoms with van der Waals surface area (Å²) >= 11 is 4.83. The molecule has 0 atom stereocenters. The molecule has 15 nitrogen and oxygen atoms in total. The summed E-state index contributed by atoms with van der Waals surface area (Å²) in [7, 11) is 0. The molecule has 0 bridgehead atoms. The van der Waals surface area contributed by atoms with Gasteiger partial charge in [0.15, 0.2) is 17.2 Å². The number of phenols is 2. The predicted octanol–water partition coefficient (Wildman–Crippen LogP) is 22.7. The van der Waals surface area contributed by atoms with Gasteiger partial charge in [0.25, 0.3) is 0 Å². The molecule has 1 aliphatic rings. The topological polar surface area (TPSA) is 197 Å². The van der Waals surface area contributed by atoms with E-state index in [0.29, 0.717) is 60.4 Å². The van der Waals surface area contributed by atoms with Gasteiger partial charge in [-0.2, -0.15) is 0 Å². The first-order valence-electron chi connectivity index (χ1n) is 35.6. The Morgan fingerprint density at radius 2 is 0.822 bits per heavy atom. The van der Waals surface area contributed by atoms with Crippen molar-refractivity contribution in [3.05, 3.63) is 252 Å². The van der Waals surface area contributed by atoms with Crippen LogP contribution in [0.5, 0.6) is 51.7 Å². The maximum Gasteiger partial charge on any atom is 0.330 e. The number of carboxylic acids is 1. The first-order chi connectivity index (χ1) is 51.8. The van der Waals surface area contributed by atoms with Crippen LogP contribution >= 0.6 is 34.0 Å². The zero-order valence-electron chi connectivity index (χ0n) is 60.9. The molecular weight excluding hydrogens is 1400 g/mol. The smallest absolute Gasteiger partial charge is 0.330 e. The maximum absolute atomic E-state index is 12.1. The van der Waals surface area contributed by atoms with Gasteiger partial charge in [0, 0.05) is 74.5 Å². The number of ether oxygens (including phenoxy) is 7. The van der Waals surface area contributed by atoms with E-state index >= 15 is 0 Å². The number of fused-ring (bicyclic) bond motifs is 3. The van der Waals surface area contributed by atoms with Crippen molar-refractivity contribution in [3.8, 4) is 83.1 Å². The number of carboxylic acid groups (broad SMARTS) is 1. The number of aliphatic carboxylic acids is 1. The molecule has 18 heteroatoms. The second kappa shape index (κ2) is 36.7. The summed E-state index contributed by atoms with van der Waals surface area (Å²) in [6.07, 6.45) is 9.28. The third-order valence-electron chi connectivity index (χ3n) is 17.5. The average molecular weight is 1490 g/mol. The number of benzene rings is 9. The summed E-state index contributed by atoms with van der Waals surface area (Å²) in [4.78, 5) is 51.6. The number of nitrogens with zero attached hydrogens (tertiary/aromatic N) is 1. The van der Waals surface area contributed by atoms with Crippen LogP contribution in [0.2, 0.25) is 0 Å². The molecule has 548 valence electrons. The van der Waals surface area contributed by atoms with Crippen molar-refractivity contribution in [1.82, 2.24) is 4.90 Å². The summed E-state index contributed by atoms with van der Waals surface area (Å²) in [5.74, 6) is 4.33. The summed E-state index contributed by atoms with van der Waals surface area (Å²) in [6.45, 7) is 21.2. The van der Waals surface area contributed by atoms with Crippen LogP contribution < -0.4 is 18.9 Å². The number of thiophene rings is 3. The second-order valence-corrected chi connectivity index (χ2v) is 29.2. The molecule has 3 aromatic heterocycles. The first-order valence-corrected chi connectivity index (χ1v) is 38.0. The van der Waals surface area contributed by atoms with Crippen LogP contribution in [0.3, 0.4) is 0 Å². The van der Waals surface area contributed by atoms with Gasteiger partial charge in [0.1, 0.15) is 41.1 Å². The number of rotatable bonds is 24. The number of hydrogen-bond donors (Lipinski definition) is 3. The second-order valence-electron chi connectivity index (χ2n) is 26.1. The highest BCUT2D eigenvalue weighted by Gasteiger charge is 2.24. The van der Waals surface area contributed by atoms with Gasteiger partial charge in [0.05, 0.1) is 34.5 Å². The summed E-state index contributed by atoms with van der Waals surface area (Å²) in [6, 6.07) is 63.8. The Hall–Kier alpha value is -11.1. The molecule has 12 aromatic rings. The lowest BCUT2D eigenvalue weighted by Crippen LogP contribution is -2.38. The highest BCUT2D eigenvalue weighted by atomic mass is 32.1. The van der Waals surface area contributed by atoms with E-state index in [1.54, 1.807) is 90.3 Å². The van der Waals surface area contributed by atoms with Gasteiger partial charge in [-0.05, 0) is 184 Å². The third kappa shape index (κ3) is 20.3. The molecule has 1 saturated heterocycles. The summed E-state index contributed by atoms with van der Waals surface area (Å²) in [5, 5.41) is 31.8. The van der Waals surface area contributed by atoms with Crippen LogP contribution in [0.15, 0.2) is 218 Å². The van der Waals surface area contributed by atoms with Gasteiger partial charge in [0.2, 0.25) is 0 Å². The SMILES string of the molecule is CC(C)c1ccccc1-c1sc2cc(O)ccc2c1Oc1ccc(/C=C/C(=O)OCCN2CCOCC2)cc1.CCC(=O)Oc1ccc2c(Oc3ccc(/C=C/C(=O)O)cc3)c(-c3ccccc3C(C)C)sc2c1.CCOC(=O)/C=C/c1ccc(Oc2c(-c3ccccc3C(C)C)sc3cc(O)ccc23)cc1. The largest absolute Gasteiger partial charge is 0.508 e. The molecule has 9 aromatic carbocycles. The fourth-order valence-electron chi connectivity index (χ4n) is 12.0. The molecule has 1 fully saturated rings. The number of hydrogen-bond acceptors (Lipinski definition) is 17. The zero-order chi connectivity index (χ0) is 75.5. The van der Waals surface area contributed by atoms with E-state index in [-0.39, 0.29) is 29.4 Å². The van der Waals surface area contributed by atoms with Gasteiger partial charge in [-0.3, -0.25) is 9.69 Å². The van der Waals surface area contributed by atoms with Crippen molar-refractivity contribution in [2.75, 3.05) is 46.1 Å². The summed E-state index contributed by atoms with van der Waals surface area (Å²) in [5.41, 5.74) is 9.60. The maximum atomic E-state index is 12.1. The van der Waals surface area contributed by atoms with Gasteiger partial charge in [-0.1, -0.05) is 158 Å². The van der Waals surface area contributed by atoms with Crippen LogP contribution in [0.4, 0.5) is 0 Å². The number of phenolic OH excluding ortho intramolecular Hbond substituents is 2. The Labute approximate surface area is 635 Å².